The molecule has 94 valence electrons. The molecule has 0 saturated heterocycles. The van der Waals surface area contributed by atoms with Crippen molar-refractivity contribution in [2.24, 2.45) is 4.99 Å². The summed E-state index contributed by atoms with van der Waals surface area (Å²) in [6, 6.07) is 5.94. The van der Waals surface area contributed by atoms with Gasteiger partial charge in [0.1, 0.15) is 0 Å². The van der Waals surface area contributed by atoms with Crippen molar-refractivity contribution in [3.05, 3.63) is 23.8 Å². The van der Waals surface area contributed by atoms with Crippen LogP contribution in [0.25, 0.3) is 0 Å². The summed E-state index contributed by atoms with van der Waals surface area (Å²) in [7, 11) is 7.20. The number of rotatable bonds is 6. The highest BCUT2D eigenvalue weighted by Gasteiger charge is 2.03. The lowest BCUT2D eigenvalue weighted by atomic mass is 10.1. The van der Waals surface area contributed by atoms with Crippen molar-refractivity contribution in [3.63, 3.8) is 0 Å². The van der Waals surface area contributed by atoms with Crippen molar-refractivity contribution in [2.75, 3.05) is 34.9 Å². The third-order valence-corrected chi connectivity index (χ3v) is 2.29. The Morgan fingerprint density at radius 2 is 1.88 bits per heavy atom. The van der Waals surface area contributed by atoms with Crippen LogP contribution in [0.2, 0.25) is 0 Å². The molecule has 0 unspecified atom stereocenters. The molecule has 0 spiro atoms. The standard InChI is InChI=1S/C13H20N2O2/c1-15(2)10-14-8-7-11-5-6-12(16-3)13(9-11)17-4/h5-6,9-10H,7-8H2,1-4H3. The van der Waals surface area contributed by atoms with Crippen LogP contribution in [0.1, 0.15) is 5.56 Å². The first-order valence-corrected chi connectivity index (χ1v) is 5.54. The highest BCUT2D eigenvalue weighted by molar-refractivity contribution is 5.53. The lowest BCUT2D eigenvalue weighted by Gasteiger charge is -2.09. The molecule has 0 aliphatic rings. The van der Waals surface area contributed by atoms with Gasteiger partial charge in [0.2, 0.25) is 0 Å². The smallest absolute Gasteiger partial charge is 0.160 e. The van der Waals surface area contributed by atoms with Crippen molar-refractivity contribution in [1.29, 1.82) is 0 Å². The fraction of sp³-hybridized carbons (Fsp3) is 0.462. The zero-order valence-electron chi connectivity index (χ0n) is 10.9. The SMILES string of the molecule is COc1ccc(CCN=CN(C)C)cc1OC. The molecule has 17 heavy (non-hydrogen) atoms. The average molecular weight is 236 g/mol. The zero-order valence-corrected chi connectivity index (χ0v) is 10.9. The van der Waals surface area contributed by atoms with E-state index in [1.807, 2.05) is 43.5 Å². The van der Waals surface area contributed by atoms with E-state index in [-0.39, 0.29) is 0 Å². The van der Waals surface area contributed by atoms with Crippen LogP contribution in [0, 0.1) is 0 Å². The van der Waals surface area contributed by atoms with E-state index in [2.05, 4.69) is 4.99 Å². The van der Waals surface area contributed by atoms with Crippen molar-refractivity contribution >= 4 is 6.34 Å². The second kappa shape index (κ2) is 6.78. The van der Waals surface area contributed by atoms with Gasteiger partial charge >= 0.3 is 0 Å². The lowest BCUT2D eigenvalue weighted by Crippen LogP contribution is -2.08. The molecule has 0 aliphatic heterocycles. The maximum absolute atomic E-state index is 5.25. The van der Waals surface area contributed by atoms with E-state index in [9.17, 15) is 0 Å². The molecule has 0 heterocycles. The maximum atomic E-state index is 5.25. The molecule has 0 atom stereocenters. The molecule has 0 bridgehead atoms. The Morgan fingerprint density at radius 1 is 1.18 bits per heavy atom. The molecule has 0 aromatic heterocycles. The minimum atomic E-state index is 0.757. The van der Waals surface area contributed by atoms with Gasteiger partial charge in [0.05, 0.1) is 20.6 Å². The minimum Gasteiger partial charge on any atom is -0.493 e. The van der Waals surface area contributed by atoms with Gasteiger partial charge in [-0.05, 0) is 24.1 Å². The van der Waals surface area contributed by atoms with Crippen molar-refractivity contribution in [3.8, 4) is 11.5 Å². The highest BCUT2D eigenvalue weighted by Crippen LogP contribution is 2.27. The summed E-state index contributed by atoms with van der Waals surface area (Å²) in [4.78, 5) is 6.22. The number of hydrogen-bond donors (Lipinski definition) is 0. The topological polar surface area (TPSA) is 34.1 Å². The van der Waals surface area contributed by atoms with Gasteiger partial charge in [0.25, 0.3) is 0 Å². The monoisotopic (exact) mass is 236 g/mol. The Morgan fingerprint density at radius 3 is 2.47 bits per heavy atom. The highest BCUT2D eigenvalue weighted by atomic mass is 16.5. The first-order valence-electron chi connectivity index (χ1n) is 5.54. The number of nitrogens with zero attached hydrogens (tertiary/aromatic N) is 2. The van der Waals surface area contributed by atoms with Crippen molar-refractivity contribution in [1.82, 2.24) is 4.90 Å². The first-order chi connectivity index (χ1) is 8.17. The minimum absolute atomic E-state index is 0.757. The van der Waals surface area contributed by atoms with Crippen LogP contribution < -0.4 is 9.47 Å². The molecule has 0 saturated carbocycles. The van der Waals surface area contributed by atoms with Crippen LogP contribution in [0.5, 0.6) is 11.5 Å². The molecule has 1 rings (SSSR count). The van der Waals surface area contributed by atoms with Crippen LogP contribution in [-0.2, 0) is 6.42 Å². The number of aliphatic imine (C=N–C) groups is 1. The van der Waals surface area contributed by atoms with Gasteiger partial charge in [0.15, 0.2) is 11.5 Å². The number of hydrogen-bond acceptors (Lipinski definition) is 3. The predicted octanol–water partition coefficient (Wildman–Crippen LogP) is 1.84. The van der Waals surface area contributed by atoms with Crippen LogP contribution >= 0.6 is 0 Å². The van der Waals surface area contributed by atoms with Crippen LogP contribution in [0.15, 0.2) is 23.2 Å². The Balaban J connectivity index is 2.60. The molecular weight excluding hydrogens is 216 g/mol. The van der Waals surface area contributed by atoms with E-state index in [0.717, 1.165) is 24.5 Å². The largest absolute Gasteiger partial charge is 0.493 e. The van der Waals surface area contributed by atoms with Crippen LogP contribution in [0.3, 0.4) is 0 Å². The molecular formula is C13H20N2O2. The molecule has 0 N–H and O–H groups in total. The van der Waals surface area contributed by atoms with Gasteiger partial charge in [-0.15, -0.1) is 0 Å². The van der Waals surface area contributed by atoms with E-state index < -0.39 is 0 Å². The Labute approximate surface area is 103 Å². The van der Waals surface area contributed by atoms with Gasteiger partial charge < -0.3 is 14.4 Å². The van der Waals surface area contributed by atoms with E-state index in [1.165, 1.54) is 5.56 Å². The summed E-state index contributed by atoms with van der Waals surface area (Å²) >= 11 is 0. The lowest BCUT2D eigenvalue weighted by molar-refractivity contribution is 0.354. The summed E-state index contributed by atoms with van der Waals surface area (Å²) in [5.41, 5.74) is 1.19. The molecule has 1 aromatic rings. The Kier molecular flexibility index (Phi) is 5.33. The molecule has 0 radical (unpaired) electrons. The molecule has 4 heteroatoms. The van der Waals surface area contributed by atoms with Crippen molar-refractivity contribution in [2.45, 2.75) is 6.42 Å². The van der Waals surface area contributed by atoms with Gasteiger partial charge in [-0.1, -0.05) is 6.07 Å². The number of ether oxygens (including phenoxy) is 2. The second-order valence-electron chi connectivity index (χ2n) is 3.92. The Bertz CT molecular complexity index is 376. The van der Waals surface area contributed by atoms with E-state index in [1.54, 1.807) is 14.2 Å². The van der Waals surface area contributed by atoms with Crippen molar-refractivity contribution < 1.29 is 9.47 Å². The normalized spacial score (nSPS) is 10.6. The summed E-state index contributed by atoms with van der Waals surface area (Å²) in [6.45, 7) is 0.771. The van der Waals surface area contributed by atoms with E-state index >= 15 is 0 Å². The Hall–Kier alpha value is -1.71. The third kappa shape index (κ3) is 4.34. The van der Waals surface area contributed by atoms with Crippen LogP contribution in [0.4, 0.5) is 0 Å². The summed E-state index contributed by atoms with van der Waals surface area (Å²) in [5.74, 6) is 1.52. The van der Waals surface area contributed by atoms with Gasteiger partial charge in [-0.2, -0.15) is 0 Å². The molecule has 0 fully saturated rings. The predicted molar refractivity (Wildman–Crippen MR) is 70.3 cm³/mol. The molecule has 4 nitrogen and oxygen atoms in total. The summed E-state index contributed by atoms with van der Waals surface area (Å²) in [5, 5.41) is 0. The fourth-order valence-electron chi connectivity index (χ4n) is 1.45. The maximum Gasteiger partial charge on any atom is 0.160 e. The third-order valence-electron chi connectivity index (χ3n) is 2.29. The van der Waals surface area contributed by atoms with Gasteiger partial charge in [-0.3, -0.25) is 4.99 Å². The molecule has 0 aliphatic carbocycles. The summed E-state index contributed by atoms with van der Waals surface area (Å²) < 4.78 is 10.4. The molecule has 1 aromatic carbocycles. The van der Waals surface area contributed by atoms with E-state index in [4.69, 9.17) is 9.47 Å². The fourth-order valence-corrected chi connectivity index (χ4v) is 1.45. The van der Waals surface area contributed by atoms with Gasteiger partial charge in [0, 0.05) is 20.6 Å². The van der Waals surface area contributed by atoms with Gasteiger partial charge in [-0.25, -0.2) is 0 Å². The zero-order chi connectivity index (χ0) is 12.7. The quantitative estimate of drug-likeness (QED) is 0.558. The van der Waals surface area contributed by atoms with E-state index in [0.29, 0.717) is 0 Å². The number of benzene rings is 1. The number of methoxy groups -OCH3 is 2. The first kappa shape index (κ1) is 13.4. The second-order valence-corrected chi connectivity index (χ2v) is 3.92. The molecule has 0 amide bonds. The summed E-state index contributed by atoms with van der Waals surface area (Å²) in [6.07, 6.45) is 2.71. The van der Waals surface area contributed by atoms with Crippen LogP contribution in [-0.4, -0.2) is 46.1 Å². The average Bonchev–Trinajstić information content (AvgIpc) is 2.34.